The van der Waals surface area contributed by atoms with Crippen molar-refractivity contribution >= 4 is 60.5 Å². The second-order valence-electron chi connectivity index (χ2n) is 6.42. The molecule has 0 bridgehead atoms. The van der Waals surface area contributed by atoms with Crippen LogP contribution in [0.5, 0.6) is 11.5 Å². The van der Waals surface area contributed by atoms with Gasteiger partial charge in [-0.1, -0.05) is 0 Å². The number of aromatic nitrogens is 2. The molecule has 0 aliphatic heterocycles. The molecule has 0 spiro atoms. The van der Waals surface area contributed by atoms with Crippen LogP contribution in [0.4, 0.5) is 15.8 Å². The third-order valence-electron chi connectivity index (χ3n) is 4.43. The third-order valence-corrected chi connectivity index (χ3v) is 5.78. The fourth-order valence-electron chi connectivity index (χ4n) is 2.92. The summed E-state index contributed by atoms with van der Waals surface area (Å²) in [6, 6.07) is 9.84. The van der Waals surface area contributed by atoms with E-state index in [4.69, 9.17) is 0 Å². The van der Waals surface area contributed by atoms with Crippen LogP contribution in [0, 0.1) is 15.9 Å². The molecule has 0 saturated carbocycles. The van der Waals surface area contributed by atoms with Gasteiger partial charge in [0, 0.05) is 11.8 Å². The molecule has 156 valence electrons. The van der Waals surface area contributed by atoms with Crippen molar-refractivity contribution in [3.8, 4) is 22.9 Å². The molecule has 1 aromatic heterocycles. The molecular formula is C20H11Br2FN4O4. The minimum atomic E-state index is -0.709. The van der Waals surface area contributed by atoms with E-state index in [1.54, 1.807) is 18.2 Å². The van der Waals surface area contributed by atoms with Crippen molar-refractivity contribution in [2.45, 2.75) is 0 Å². The van der Waals surface area contributed by atoms with Gasteiger partial charge in [-0.05, 0) is 68.3 Å². The lowest BCUT2D eigenvalue weighted by Gasteiger charge is -2.06. The number of H-pyrrole nitrogens is 1. The van der Waals surface area contributed by atoms with E-state index in [0.29, 0.717) is 26.8 Å². The molecule has 0 saturated heterocycles. The Hall–Kier alpha value is -3.31. The molecule has 0 aliphatic rings. The summed E-state index contributed by atoms with van der Waals surface area (Å²) < 4.78 is 13.9. The van der Waals surface area contributed by atoms with Crippen LogP contribution in [0.15, 0.2) is 56.4 Å². The van der Waals surface area contributed by atoms with Gasteiger partial charge >= 0.3 is 0 Å². The fraction of sp³-hybridized carbons (Fsp3) is 0. The summed E-state index contributed by atoms with van der Waals surface area (Å²) in [6.07, 6.45) is 1.42. The van der Waals surface area contributed by atoms with Crippen LogP contribution >= 0.6 is 31.9 Å². The molecule has 0 aliphatic carbocycles. The molecule has 3 aromatic carbocycles. The maximum Gasteiger partial charge on any atom is 0.283 e. The van der Waals surface area contributed by atoms with Gasteiger partial charge in [-0.25, -0.2) is 9.37 Å². The first-order valence-electron chi connectivity index (χ1n) is 8.62. The van der Waals surface area contributed by atoms with Gasteiger partial charge in [0.2, 0.25) is 0 Å². The quantitative estimate of drug-likeness (QED) is 0.164. The molecule has 4 rings (SSSR count). The number of fused-ring (bicyclic) bond motifs is 1. The van der Waals surface area contributed by atoms with E-state index in [1.165, 1.54) is 18.3 Å². The lowest BCUT2D eigenvalue weighted by atomic mass is 10.1. The SMILES string of the molecule is O=[N+]([O-])c1cc(F)ccc1-c1nc2cc(/N=C/c3cc(Br)c(O)c(Br)c3O)ccc2[nH]1. The number of benzene rings is 3. The standard InChI is InChI=1S/C20H11Br2FN4O4/c21-13-5-9(18(28)17(22)19(13)29)8-24-11-2-4-14-15(7-11)26-20(25-14)12-3-1-10(23)6-16(12)27(30)31/h1-8,28-29H,(H,25,26)/b24-8+. The second kappa shape index (κ2) is 8.08. The summed E-state index contributed by atoms with van der Waals surface area (Å²) in [5.41, 5.74) is 1.76. The Kier molecular flexibility index (Phi) is 5.46. The van der Waals surface area contributed by atoms with Crippen molar-refractivity contribution in [3.05, 3.63) is 72.9 Å². The van der Waals surface area contributed by atoms with E-state index in [-0.39, 0.29) is 27.4 Å². The number of imidazole rings is 1. The number of halogens is 3. The monoisotopic (exact) mass is 548 g/mol. The molecular weight excluding hydrogens is 539 g/mol. The number of hydrogen-bond acceptors (Lipinski definition) is 6. The summed E-state index contributed by atoms with van der Waals surface area (Å²) in [4.78, 5) is 22.3. The van der Waals surface area contributed by atoms with E-state index in [9.17, 15) is 24.7 Å². The number of nitrogens with zero attached hydrogens (tertiary/aromatic N) is 3. The van der Waals surface area contributed by atoms with E-state index in [1.807, 2.05) is 0 Å². The van der Waals surface area contributed by atoms with Crippen LogP contribution in [-0.4, -0.2) is 31.3 Å². The first kappa shape index (κ1) is 20.9. The summed E-state index contributed by atoms with van der Waals surface area (Å²) >= 11 is 6.30. The van der Waals surface area contributed by atoms with Crippen molar-refractivity contribution in [2.24, 2.45) is 4.99 Å². The lowest BCUT2D eigenvalue weighted by Crippen LogP contribution is -1.94. The minimum absolute atomic E-state index is 0.130. The van der Waals surface area contributed by atoms with Crippen molar-refractivity contribution in [2.75, 3.05) is 0 Å². The van der Waals surface area contributed by atoms with Crippen LogP contribution in [0.1, 0.15) is 5.56 Å². The Balaban J connectivity index is 1.71. The number of aromatic hydroxyl groups is 2. The first-order chi connectivity index (χ1) is 14.7. The lowest BCUT2D eigenvalue weighted by molar-refractivity contribution is -0.384. The summed E-state index contributed by atoms with van der Waals surface area (Å²) in [6.45, 7) is 0. The fourth-order valence-corrected chi connectivity index (χ4v) is 4.07. The predicted molar refractivity (Wildman–Crippen MR) is 121 cm³/mol. The van der Waals surface area contributed by atoms with Gasteiger partial charge < -0.3 is 15.2 Å². The molecule has 3 N–H and O–H groups in total. The molecule has 0 radical (unpaired) electrons. The topological polar surface area (TPSA) is 125 Å². The summed E-state index contributed by atoms with van der Waals surface area (Å²) in [5, 5.41) is 31.2. The highest BCUT2D eigenvalue weighted by atomic mass is 79.9. The van der Waals surface area contributed by atoms with Gasteiger partial charge in [0.25, 0.3) is 5.69 Å². The molecule has 31 heavy (non-hydrogen) atoms. The number of nitro groups is 1. The highest BCUT2D eigenvalue weighted by Crippen LogP contribution is 2.40. The molecule has 0 unspecified atom stereocenters. The Morgan fingerprint density at radius 3 is 2.65 bits per heavy atom. The average Bonchev–Trinajstić information content (AvgIpc) is 3.16. The van der Waals surface area contributed by atoms with Crippen molar-refractivity contribution in [3.63, 3.8) is 0 Å². The first-order valence-corrected chi connectivity index (χ1v) is 10.2. The van der Waals surface area contributed by atoms with Gasteiger partial charge in [-0.2, -0.15) is 0 Å². The van der Waals surface area contributed by atoms with Gasteiger partial charge in [-0.3, -0.25) is 15.1 Å². The molecule has 8 nitrogen and oxygen atoms in total. The number of hydrogen-bond donors (Lipinski definition) is 3. The minimum Gasteiger partial charge on any atom is -0.506 e. The zero-order chi connectivity index (χ0) is 22.3. The molecule has 0 fully saturated rings. The molecule has 11 heteroatoms. The largest absolute Gasteiger partial charge is 0.506 e. The van der Waals surface area contributed by atoms with Crippen LogP contribution in [0.3, 0.4) is 0 Å². The number of rotatable bonds is 4. The maximum atomic E-state index is 13.4. The number of aliphatic imine (C=N–C) groups is 1. The Bertz CT molecular complexity index is 1390. The Morgan fingerprint density at radius 2 is 1.90 bits per heavy atom. The summed E-state index contributed by atoms with van der Waals surface area (Å²) in [5.74, 6) is -0.781. The van der Waals surface area contributed by atoms with Crippen LogP contribution in [-0.2, 0) is 0 Å². The average molecular weight is 550 g/mol. The van der Waals surface area contributed by atoms with Crippen molar-refractivity contribution in [1.82, 2.24) is 9.97 Å². The van der Waals surface area contributed by atoms with E-state index < -0.39 is 16.4 Å². The van der Waals surface area contributed by atoms with Crippen LogP contribution < -0.4 is 0 Å². The molecule has 0 amide bonds. The Labute approximate surface area is 190 Å². The van der Waals surface area contributed by atoms with Gasteiger partial charge in [0.1, 0.15) is 27.6 Å². The normalized spacial score (nSPS) is 11.5. The zero-order valence-corrected chi connectivity index (χ0v) is 18.5. The van der Waals surface area contributed by atoms with E-state index in [0.717, 1.165) is 12.1 Å². The number of phenolic OH excluding ortho intramolecular Hbond substituents is 2. The Morgan fingerprint density at radius 1 is 1.13 bits per heavy atom. The molecule has 4 aromatic rings. The van der Waals surface area contributed by atoms with Gasteiger partial charge in [0.05, 0.1) is 37.7 Å². The van der Waals surface area contributed by atoms with Crippen LogP contribution in [0.2, 0.25) is 0 Å². The molecule has 1 heterocycles. The molecule has 0 atom stereocenters. The van der Waals surface area contributed by atoms with Crippen molar-refractivity contribution in [1.29, 1.82) is 0 Å². The second-order valence-corrected chi connectivity index (χ2v) is 8.07. The highest BCUT2D eigenvalue weighted by molar-refractivity contribution is 9.11. The maximum absolute atomic E-state index is 13.4. The number of phenols is 2. The van der Waals surface area contributed by atoms with Gasteiger partial charge in [-0.15, -0.1) is 0 Å². The van der Waals surface area contributed by atoms with Crippen molar-refractivity contribution < 1.29 is 19.5 Å². The smallest absolute Gasteiger partial charge is 0.283 e. The number of nitro benzene ring substituents is 1. The van der Waals surface area contributed by atoms with Gasteiger partial charge in [0.15, 0.2) is 0 Å². The van der Waals surface area contributed by atoms with Crippen LogP contribution in [0.25, 0.3) is 22.4 Å². The van der Waals surface area contributed by atoms with E-state index >= 15 is 0 Å². The highest BCUT2D eigenvalue weighted by Gasteiger charge is 2.19. The zero-order valence-electron chi connectivity index (χ0n) is 15.3. The van der Waals surface area contributed by atoms with E-state index in [2.05, 4.69) is 46.8 Å². The number of aromatic amines is 1. The number of nitrogens with one attached hydrogen (secondary N) is 1. The third kappa shape index (κ3) is 4.01. The summed E-state index contributed by atoms with van der Waals surface area (Å²) in [7, 11) is 0. The predicted octanol–water partition coefficient (Wildman–Crippen LogP) is 5.96.